The zero-order valence-corrected chi connectivity index (χ0v) is 18.4. The van der Waals surface area contributed by atoms with Gasteiger partial charge < -0.3 is 0 Å². The Morgan fingerprint density at radius 3 is 1.50 bits per heavy atom. The molecule has 0 saturated heterocycles. The van der Waals surface area contributed by atoms with Gasteiger partial charge in [-0.3, -0.25) is 0 Å². The molecule has 0 radical (unpaired) electrons. The van der Waals surface area contributed by atoms with Gasteiger partial charge in [0.15, 0.2) is 0 Å². The van der Waals surface area contributed by atoms with E-state index in [0.717, 1.165) is 12.3 Å². The molecule has 2 aromatic rings. The van der Waals surface area contributed by atoms with Crippen molar-refractivity contribution in [1.29, 1.82) is 0 Å². The number of aryl methyl sites for hydroxylation is 3. The summed E-state index contributed by atoms with van der Waals surface area (Å²) in [5.41, 5.74) is 5.69. The third-order valence-electron chi connectivity index (χ3n) is 4.68. The molecule has 1 fully saturated rings. The van der Waals surface area contributed by atoms with Crippen LogP contribution < -0.4 is 0 Å². The number of hydrogen-bond donors (Lipinski definition) is 0. The molecule has 2 aromatic carbocycles. The molecule has 0 heterocycles. The van der Waals surface area contributed by atoms with Gasteiger partial charge in [0.1, 0.15) is 0 Å². The molecule has 26 heavy (non-hydrogen) atoms. The second-order valence-corrected chi connectivity index (χ2v) is 6.58. The second-order valence-electron chi connectivity index (χ2n) is 6.58. The zero-order valence-electron chi connectivity index (χ0n) is 18.4. The van der Waals surface area contributed by atoms with Gasteiger partial charge >= 0.3 is 0 Å². The fourth-order valence-corrected chi connectivity index (χ4v) is 3.10. The van der Waals surface area contributed by atoms with E-state index in [4.69, 9.17) is 0 Å². The van der Waals surface area contributed by atoms with Gasteiger partial charge in [0.2, 0.25) is 0 Å². The average Bonchev–Trinajstić information content (AvgIpc) is 2.73. The topological polar surface area (TPSA) is 0 Å². The van der Waals surface area contributed by atoms with Crippen LogP contribution in [0.5, 0.6) is 0 Å². The summed E-state index contributed by atoms with van der Waals surface area (Å²) >= 11 is 0. The summed E-state index contributed by atoms with van der Waals surface area (Å²) < 4.78 is 0. The van der Waals surface area contributed by atoms with Crippen LogP contribution in [-0.2, 0) is 6.42 Å². The number of rotatable bonds is 2. The first-order chi connectivity index (χ1) is 12.7. The molecule has 0 amide bonds. The summed E-state index contributed by atoms with van der Waals surface area (Å²) in [5.74, 6) is 0.856. The molecular weight excluding hydrogens is 312 g/mol. The van der Waals surface area contributed by atoms with Crippen molar-refractivity contribution < 1.29 is 0 Å². The van der Waals surface area contributed by atoms with Crippen molar-refractivity contribution >= 4 is 0 Å². The molecule has 0 aliphatic heterocycles. The third kappa shape index (κ3) is 9.80. The SMILES string of the molecule is CC.CC.CCc1ccc(C)cc1.Cc1ccc(C2CCCCC2)cc1. The van der Waals surface area contributed by atoms with Crippen molar-refractivity contribution in [2.75, 3.05) is 0 Å². The van der Waals surface area contributed by atoms with Crippen molar-refractivity contribution in [2.24, 2.45) is 0 Å². The average molecular weight is 355 g/mol. The Bertz CT molecular complexity index is 527. The Morgan fingerprint density at radius 1 is 0.654 bits per heavy atom. The zero-order chi connectivity index (χ0) is 19.8. The summed E-state index contributed by atoms with van der Waals surface area (Å²) in [5, 5.41) is 0. The number of hydrogen-bond acceptors (Lipinski definition) is 0. The molecular formula is C26H42. The molecule has 0 aromatic heterocycles. The van der Waals surface area contributed by atoms with Gasteiger partial charge in [0.25, 0.3) is 0 Å². The first-order valence-electron chi connectivity index (χ1n) is 10.8. The van der Waals surface area contributed by atoms with E-state index >= 15 is 0 Å². The van der Waals surface area contributed by atoms with E-state index in [-0.39, 0.29) is 0 Å². The molecule has 3 rings (SSSR count). The minimum absolute atomic E-state index is 0.856. The Hall–Kier alpha value is -1.56. The smallest absolute Gasteiger partial charge is 0.0162 e. The van der Waals surface area contributed by atoms with Gasteiger partial charge in [-0.25, -0.2) is 0 Å². The van der Waals surface area contributed by atoms with Gasteiger partial charge in [-0.05, 0) is 50.2 Å². The Morgan fingerprint density at radius 2 is 1.08 bits per heavy atom. The lowest BCUT2D eigenvalue weighted by Crippen LogP contribution is -2.04. The summed E-state index contributed by atoms with van der Waals surface area (Å²) in [4.78, 5) is 0. The monoisotopic (exact) mass is 354 g/mol. The van der Waals surface area contributed by atoms with Crippen LogP contribution in [0.3, 0.4) is 0 Å². The molecule has 146 valence electrons. The molecule has 0 nitrogen and oxygen atoms in total. The van der Waals surface area contributed by atoms with Crippen LogP contribution in [-0.4, -0.2) is 0 Å². The first kappa shape index (κ1) is 24.4. The molecule has 0 atom stereocenters. The standard InChI is InChI=1S/C13H18.C9H12.2C2H6/c1-11-7-9-13(10-8-11)12-5-3-2-4-6-12;1-3-9-6-4-8(2)5-7-9;2*1-2/h7-10,12H,2-6H2,1H3;4-7H,3H2,1-2H3;2*1-2H3. The predicted molar refractivity (Wildman–Crippen MR) is 120 cm³/mol. The minimum Gasteiger partial charge on any atom is -0.0683 e. The molecule has 1 aliphatic rings. The van der Waals surface area contributed by atoms with Gasteiger partial charge in [-0.2, -0.15) is 0 Å². The van der Waals surface area contributed by atoms with Gasteiger partial charge in [0, 0.05) is 0 Å². The van der Waals surface area contributed by atoms with E-state index in [0.29, 0.717) is 0 Å². The molecule has 0 bridgehead atoms. The van der Waals surface area contributed by atoms with E-state index in [1.807, 2.05) is 27.7 Å². The maximum atomic E-state index is 2.31. The van der Waals surface area contributed by atoms with Crippen molar-refractivity contribution in [3.63, 3.8) is 0 Å². The summed E-state index contributed by atoms with van der Waals surface area (Å²) in [6.45, 7) is 14.4. The van der Waals surface area contributed by atoms with Crippen LogP contribution in [0.25, 0.3) is 0 Å². The molecule has 1 saturated carbocycles. The largest absolute Gasteiger partial charge is 0.0683 e. The van der Waals surface area contributed by atoms with Gasteiger partial charge in [-0.15, -0.1) is 0 Å². The highest BCUT2D eigenvalue weighted by molar-refractivity contribution is 5.24. The molecule has 0 unspecified atom stereocenters. The Labute approximate surface area is 164 Å². The Kier molecular flexibility index (Phi) is 14.7. The number of benzene rings is 2. The van der Waals surface area contributed by atoms with Crippen LogP contribution in [0.2, 0.25) is 0 Å². The minimum atomic E-state index is 0.856. The quantitative estimate of drug-likeness (QED) is 0.506. The van der Waals surface area contributed by atoms with Crippen molar-refractivity contribution in [3.05, 3.63) is 70.8 Å². The van der Waals surface area contributed by atoms with Crippen LogP contribution in [0.15, 0.2) is 48.5 Å². The van der Waals surface area contributed by atoms with Crippen molar-refractivity contribution in [2.45, 2.75) is 92.9 Å². The predicted octanol–water partition coefficient (Wildman–Crippen LogP) is 8.65. The van der Waals surface area contributed by atoms with Crippen LogP contribution in [0.1, 0.15) is 94.9 Å². The van der Waals surface area contributed by atoms with Crippen LogP contribution >= 0.6 is 0 Å². The van der Waals surface area contributed by atoms with Crippen LogP contribution in [0.4, 0.5) is 0 Å². The third-order valence-corrected chi connectivity index (χ3v) is 4.68. The highest BCUT2D eigenvalue weighted by Gasteiger charge is 2.14. The maximum absolute atomic E-state index is 2.31. The van der Waals surface area contributed by atoms with E-state index in [1.54, 1.807) is 5.56 Å². The second kappa shape index (κ2) is 15.7. The molecule has 0 N–H and O–H groups in total. The van der Waals surface area contributed by atoms with E-state index in [9.17, 15) is 0 Å². The summed E-state index contributed by atoms with van der Waals surface area (Å²) in [6.07, 6.45) is 8.26. The van der Waals surface area contributed by atoms with Gasteiger partial charge in [-0.1, -0.05) is 114 Å². The normalized spacial score (nSPS) is 13.2. The summed E-state index contributed by atoms with van der Waals surface area (Å²) in [7, 11) is 0. The highest BCUT2D eigenvalue weighted by atomic mass is 14.2. The van der Waals surface area contributed by atoms with E-state index < -0.39 is 0 Å². The lowest BCUT2D eigenvalue weighted by atomic mass is 9.84. The Balaban J connectivity index is 0.000000422. The molecule has 0 heteroatoms. The highest BCUT2D eigenvalue weighted by Crippen LogP contribution is 2.32. The fraction of sp³-hybridized carbons (Fsp3) is 0.538. The van der Waals surface area contributed by atoms with Crippen LogP contribution in [0, 0.1) is 13.8 Å². The lowest BCUT2D eigenvalue weighted by molar-refractivity contribution is 0.443. The van der Waals surface area contributed by atoms with Crippen molar-refractivity contribution in [1.82, 2.24) is 0 Å². The molecule has 1 aliphatic carbocycles. The fourth-order valence-electron chi connectivity index (χ4n) is 3.10. The lowest BCUT2D eigenvalue weighted by Gasteiger charge is -2.21. The van der Waals surface area contributed by atoms with E-state index in [1.165, 1.54) is 48.8 Å². The van der Waals surface area contributed by atoms with Crippen molar-refractivity contribution in [3.8, 4) is 0 Å². The molecule has 0 spiro atoms. The summed E-state index contributed by atoms with van der Waals surface area (Å²) in [6, 6.07) is 17.8. The maximum Gasteiger partial charge on any atom is -0.0162 e. The first-order valence-corrected chi connectivity index (χ1v) is 10.8. The van der Waals surface area contributed by atoms with Gasteiger partial charge in [0.05, 0.1) is 0 Å². The van der Waals surface area contributed by atoms with E-state index in [2.05, 4.69) is 69.3 Å².